The molecule has 0 saturated heterocycles. The van der Waals surface area contributed by atoms with Gasteiger partial charge in [0, 0.05) is 11.7 Å². The third kappa shape index (κ3) is 2.02. The average molecular weight is 299 g/mol. The van der Waals surface area contributed by atoms with Crippen LogP contribution in [0.25, 0.3) is 0 Å². The van der Waals surface area contributed by atoms with Crippen LogP contribution in [0.3, 0.4) is 0 Å². The van der Waals surface area contributed by atoms with Crippen LogP contribution in [-0.2, 0) is 4.79 Å². The molecule has 5 heteroatoms. The van der Waals surface area contributed by atoms with Gasteiger partial charge in [-0.25, -0.2) is 0 Å². The topological polar surface area (TPSA) is 85.1 Å². The molecule has 5 nitrogen and oxygen atoms in total. The van der Waals surface area contributed by atoms with Gasteiger partial charge in [0.25, 0.3) is 5.91 Å². The Kier molecular flexibility index (Phi) is 2.83. The smallest absolute Gasteiger partial charge is 0.270 e. The molecule has 0 aromatic carbocycles. The van der Waals surface area contributed by atoms with E-state index in [1.807, 2.05) is 6.07 Å². The zero-order chi connectivity index (χ0) is 15.4. The number of pyridine rings is 1. The average Bonchev–Trinajstić information content (AvgIpc) is 2.46. The first-order chi connectivity index (χ1) is 10.5. The number of primary amides is 1. The number of nitrogens with zero attached hydrogens (tertiary/aromatic N) is 1. The Morgan fingerprint density at radius 2 is 1.91 bits per heavy atom. The van der Waals surface area contributed by atoms with E-state index in [1.54, 1.807) is 18.3 Å². The highest BCUT2D eigenvalue weighted by Crippen LogP contribution is 2.61. The van der Waals surface area contributed by atoms with Gasteiger partial charge in [0.1, 0.15) is 5.69 Å². The second-order valence-electron chi connectivity index (χ2n) is 7.56. The summed E-state index contributed by atoms with van der Waals surface area (Å²) in [4.78, 5) is 28.7. The van der Waals surface area contributed by atoms with E-state index in [4.69, 9.17) is 5.73 Å². The number of carbonyl (C=O) groups excluding carboxylic acids is 2. The minimum Gasteiger partial charge on any atom is -0.369 e. The lowest BCUT2D eigenvalue weighted by Gasteiger charge is -2.61. The summed E-state index contributed by atoms with van der Waals surface area (Å²) in [5, 5.41) is 3.21. The highest BCUT2D eigenvalue weighted by molar-refractivity contribution is 5.93. The maximum absolute atomic E-state index is 12.5. The summed E-state index contributed by atoms with van der Waals surface area (Å²) in [6.45, 7) is 0. The Hall–Kier alpha value is -1.91. The molecule has 1 aromatic heterocycles. The fraction of sp³-hybridized carbons (Fsp3) is 0.588. The van der Waals surface area contributed by atoms with E-state index in [9.17, 15) is 9.59 Å². The van der Waals surface area contributed by atoms with E-state index >= 15 is 0 Å². The Balaban J connectivity index is 1.61. The maximum Gasteiger partial charge on any atom is 0.270 e. The summed E-state index contributed by atoms with van der Waals surface area (Å²) in [5.74, 6) is 0.704. The molecule has 116 valence electrons. The molecule has 0 spiro atoms. The molecular formula is C17H21N3O2. The van der Waals surface area contributed by atoms with Crippen LogP contribution in [0, 0.1) is 17.3 Å². The van der Waals surface area contributed by atoms with Crippen molar-refractivity contribution < 1.29 is 9.59 Å². The minimum atomic E-state index is -0.401. The van der Waals surface area contributed by atoms with Crippen LogP contribution < -0.4 is 11.1 Å². The lowest BCUT2D eigenvalue weighted by Crippen LogP contribution is -2.65. The van der Waals surface area contributed by atoms with Gasteiger partial charge in [-0.1, -0.05) is 6.07 Å². The molecule has 0 radical (unpaired) electrons. The van der Waals surface area contributed by atoms with Crippen molar-refractivity contribution in [3.8, 4) is 0 Å². The van der Waals surface area contributed by atoms with E-state index in [2.05, 4.69) is 10.3 Å². The summed E-state index contributed by atoms with van der Waals surface area (Å²) in [6, 6.07) is 5.33. The Bertz CT molecular complexity index is 614. The lowest BCUT2D eigenvalue weighted by molar-refractivity contribution is -0.146. The van der Waals surface area contributed by atoms with E-state index in [1.165, 1.54) is 6.42 Å². The van der Waals surface area contributed by atoms with E-state index in [0.29, 0.717) is 24.0 Å². The van der Waals surface area contributed by atoms with Crippen molar-refractivity contribution in [3.63, 3.8) is 0 Å². The Morgan fingerprint density at radius 3 is 2.50 bits per heavy atom. The zero-order valence-corrected chi connectivity index (χ0v) is 12.5. The number of amides is 2. The predicted octanol–water partition coefficient (Wildman–Crippen LogP) is 1.64. The van der Waals surface area contributed by atoms with Crippen LogP contribution in [0.15, 0.2) is 24.4 Å². The number of hydrogen-bond donors (Lipinski definition) is 2. The molecule has 0 aliphatic heterocycles. The molecule has 1 aromatic rings. The maximum atomic E-state index is 12.5. The number of rotatable bonds is 3. The van der Waals surface area contributed by atoms with Gasteiger partial charge in [-0.15, -0.1) is 0 Å². The van der Waals surface area contributed by atoms with Gasteiger partial charge >= 0.3 is 0 Å². The van der Waals surface area contributed by atoms with Crippen LogP contribution in [0.1, 0.15) is 49.0 Å². The minimum absolute atomic E-state index is 0.137. The second-order valence-corrected chi connectivity index (χ2v) is 7.56. The number of nitrogens with two attached hydrogens (primary N) is 1. The first-order valence-electron chi connectivity index (χ1n) is 8.04. The number of nitrogens with one attached hydrogen (secondary N) is 1. The van der Waals surface area contributed by atoms with Gasteiger partial charge < -0.3 is 11.1 Å². The van der Waals surface area contributed by atoms with Crippen LogP contribution in [0.4, 0.5) is 0 Å². The molecule has 4 fully saturated rings. The Labute approximate surface area is 129 Å². The van der Waals surface area contributed by atoms with Crippen LogP contribution in [0.2, 0.25) is 0 Å². The zero-order valence-electron chi connectivity index (χ0n) is 12.5. The summed E-state index contributed by atoms with van der Waals surface area (Å²) < 4.78 is 0. The molecular weight excluding hydrogens is 278 g/mol. The number of aromatic nitrogens is 1. The summed E-state index contributed by atoms with van der Waals surface area (Å²) in [6.07, 6.45) is 7.24. The van der Waals surface area contributed by atoms with E-state index in [0.717, 1.165) is 25.7 Å². The number of hydrogen-bond acceptors (Lipinski definition) is 3. The molecule has 5 rings (SSSR count). The van der Waals surface area contributed by atoms with Crippen LogP contribution >= 0.6 is 0 Å². The number of carbonyl (C=O) groups is 2. The van der Waals surface area contributed by atoms with Crippen molar-refractivity contribution >= 4 is 11.8 Å². The fourth-order valence-corrected chi connectivity index (χ4v) is 5.50. The third-order valence-corrected chi connectivity index (χ3v) is 5.86. The molecule has 3 N–H and O–H groups in total. The Morgan fingerprint density at radius 1 is 1.18 bits per heavy atom. The summed E-state index contributed by atoms with van der Waals surface area (Å²) >= 11 is 0. The fourth-order valence-electron chi connectivity index (χ4n) is 5.50. The monoisotopic (exact) mass is 299 g/mol. The van der Waals surface area contributed by atoms with Gasteiger partial charge in [-0.3, -0.25) is 14.6 Å². The molecule has 1 heterocycles. The molecule has 2 atom stereocenters. The third-order valence-electron chi connectivity index (χ3n) is 5.86. The largest absolute Gasteiger partial charge is 0.369 e. The van der Waals surface area contributed by atoms with Crippen molar-refractivity contribution in [1.29, 1.82) is 0 Å². The van der Waals surface area contributed by atoms with Gasteiger partial charge in [-0.2, -0.15) is 0 Å². The van der Waals surface area contributed by atoms with E-state index < -0.39 is 5.41 Å². The van der Waals surface area contributed by atoms with Crippen molar-refractivity contribution in [1.82, 2.24) is 10.3 Å². The summed E-state index contributed by atoms with van der Waals surface area (Å²) in [5.41, 5.74) is 5.49. The van der Waals surface area contributed by atoms with Crippen LogP contribution in [0.5, 0.6) is 0 Å². The standard InChI is InChI=1S/C17H21N3O2/c18-15(22)16-6-11-5-12(7-16)9-17(8-11,10-16)20-14(21)13-3-1-2-4-19-13/h1-4,11-12H,5-10H2,(H2,18,22)(H,20,21). The first kappa shape index (κ1) is 13.7. The molecule has 22 heavy (non-hydrogen) atoms. The van der Waals surface area contributed by atoms with Crippen molar-refractivity contribution in [2.45, 2.75) is 44.1 Å². The van der Waals surface area contributed by atoms with E-state index in [-0.39, 0.29) is 17.4 Å². The highest BCUT2D eigenvalue weighted by atomic mass is 16.2. The normalized spacial score (nSPS) is 38.7. The van der Waals surface area contributed by atoms with Crippen molar-refractivity contribution in [2.75, 3.05) is 0 Å². The van der Waals surface area contributed by atoms with Crippen molar-refractivity contribution in [3.05, 3.63) is 30.1 Å². The highest BCUT2D eigenvalue weighted by Gasteiger charge is 2.60. The molecule has 4 saturated carbocycles. The molecule has 4 aliphatic rings. The van der Waals surface area contributed by atoms with Gasteiger partial charge in [0.05, 0.1) is 5.41 Å². The van der Waals surface area contributed by atoms with Gasteiger partial charge in [0.15, 0.2) is 0 Å². The summed E-state index contributed by atoms with van der Waals surface area (Å²) in [7, 11) is 0. The first-order valence-corrected chi connectivity index (χ1v) is 8.04. The quantitative estimate of drug-likeness (QED) is 0.889. The molecule has 4 aliphatic carbocycles. The van der Waals surface area contributed by atoms with Gasteiger partial charge in [0.2, 0.25) is 5.91 Å². The second kappa shape index (κ2) is 4.54. The predicted molar refractivity (Wildman–Crippen MR) is 80.7 cm³/mol. The molecule has 4 bridgehead atoms. The molecule has 2 unspecified atom stereocenters. The van der Waals surface area contributed by atoms with Crippen molar-refractivity contribution in [2.24, 2.45) is 23.0 Å². The van der Waals surface area contributed by atoms with Crippen LogP contribution in [-0.4, -0.2) is 22.3 Å². The molecule has 2 amide bonds. The lowest BCUT2D eigenvalue weighted by atomic mass is 9.46. The SMILES string of the molecule is NC(=O)C12CC3CC(CC(NC(=O)c4ccccn4)(C3)C1)C2. The van der Waals surface area contributed by atoms with Gasteiger partial charge in [-0.05, 0) is 62.5 Å².